The standard InChI is InChI=1S/C27H23F6N5O/c28-16-1-2-21(29)18(9-16)17-5-8-34-22(14-3-6-26(30,31)7-4-14)23(17)37-24(39)15-10-35-25(36-11-15)38-12-19-20(13-38)27(19,32)33/h1-2,5,8-11,14,19-20H,3-4,6-7,12-13H2,(H,37,39). The van der Waals surface area contributed by atoms with Crippen LogP contribution in [0.15, 0.2) is 42.9 Å². The Kier molecular flexibility index (Phi) is 6.03. The highest BCUT2D eigenvalue weighted by molar-refractivity contribution is 6.06. The van der Waals surface area contributed by atoms with Crippen molar-refractivity contribution < 1.29 is 31.1 Å². The molecule has 3 fully saturated rings. The van der Waals surface area contributed by atoms with Crippen LogP contribution in [0.2, 0.25) is 0 Å². The molecule has 6 nitrogen and oxygen atoms in total. The molecule has 6 rings (SSSR count). The maximum Gasteiger partial charge on any atom is 0.258 e. The number of nitrogens with zero attached hydrogens (tertiary/aromatic N) is 4. The van der Waals surface area contributed by atoms with E-state index < -0.39 is 47.1 Å². The molecule has 1 N–H and O–H groups in total. The zero-order valence-corrected chi connectivity index (χ0v) is 20.5. The van der Waals surface area contributed by atoms with Gasteiger partial charge in [-0.05, 0) is 37.1 Å². The van der Waals surface area contributed by atoms with E-state index in [9.17, 15) is 31.1 Å². The van der Waals surface area contributed by atoms with Gasteiger partial charge in [-0.15, -0.1) is 0 Å². The summed E-state index contributed by atoms with van der Waals surface area (Å²) in [4.78, 5) is 27.6. The molecule has 0 radical (unpaired) electrons. The van der Waals surface area contributed by atoms with Crippen molar-refractivity contribution in [1.29, 1.82) is 0 Å². The number of pyridine rings is 1. The predicted molar refractivity (Wildman–Crippen MR) is 130 cm³/mol. The van der Waals surface area contributed by atoms with E-state index in [0.29, 0.717) is 5.69 Å². The second-order valence-electron chi connectivity index (χ2n) is 10.4. The minimum Gasteiger partial charge on any atom is -0.340 e. The summed E-state index contributed by atoms with van der Waals surface area (Å²) < 4.78 is 83.5. The van der Waals surface area contributed by atoms with Gasteiger partial charge < -0.3 is 10.2 Å². The van der Waals surface area contributed by atoms with Gasteiger partial charge in [0.15, 0.2) is 0 Å². The number of aromatic nitrogens is 3. The molecule has 0 bridgehead atoms. The first-order valence-corrected chi connectivity index (χ1v) is 12.6. The molecular formula is C27H23F6N5O. The van der Waals surface area contributed by atoms with Gasteiger partial charge in [0.25, 0.3) is 11.8 Å². The number of alkyl halides is 4. The van der Waals surface area contributed by atoms with Crippen LogP contribution in [0.3, 0.4) is 0 Å². The van der Waals surface area contributed by atoms with Gasteiger partial charge in [-0.2, -0.15) is 0 Å². The van der Waals surface area contributed by atoms with E-state index in [0.717, 1.165) is 18.2 Å². The summed E-state index contributed by atoms with van der Waals surface area (Å²) in [5, 5.41) is 2.70. The van der Waals surface area contributed by atoms with Crippen molar-refractivity contribution in [2.75, 3.05) is 23.3 Å². The summed E-state index contributed by atoms with van der Waals surface area (Å²) in [7, 11) is 0. The lowest BCUT2D eigenvalue weighted by Crippen LogP contribution is -2.29. The second-order valence-corrected chi connectivity index (χ2v) is 10.4. The highest BCUT2D eigenvalue weighted by atomic mass is 19.3. The Morgan fingerprint density at radius 3 is 2.26 bits per heavy atom. The lowest BCUT2D eigenvalue weighted by molar-refractivity contribution is -0.0384. The number of piperidine rings is 1. The fraction of sp³-hybridized carbons (Fsp3) is 0.407. The van der Waals surface area contributed by atoms with Crippen LogP contribution in [-0.2, 0) is 0 Å². The Hall–Kier alpha value is -3.70. The minimum atomic E-state index is -2.79. The van der Waals surface area contributed by atoms with Gasteiger partial charge in [0, 0.05) is 61.6 Å². The molecule has 3 aromatic rings. The van der Waals surface area contributed by atoms with Crippen LogP contribution in [0, 0.1) is 23.5 Å². The molecule has 0 spiro atoms. The lowest BCUT2D eigenvalue weighted by Gasteiger charge is -2.29. The molecule has 39 heavy (non-hydrogen) atoms. The Balaban J connectivity index is 1.29. The average Bonchev–Trinajstić information content (AvgIpc) is 3.22. The number of carbonyl (C=O) groups is 1. The summed E-state index contributed by atoms with van der Waals surface area (Å²) in [6.07, 6.45) is 3.37. The first kappa shape index (κ1) is 25.6. The van der Waals surface area contributed by atoms with Crippen molar-refractivity contribution >= 4 is 17.5 Å². The van der Waals surface area contributed by atoms with E-state index in [4.69, 9.17) is 0 Å². The fourth-order valence-electron chi connectivity index (χ4n) is 5.62. The molecule has 2 unspecified atom stereocenters. The zero-order chi connectivity index (χ0) is 27.5. The smallest absolute Gasteiger partial charge is 0.258 e. The largest absolute Gasteiger partial charge is 0.340 e. The first-order chi connectivity index (χ1) is 18.5. The number of anilines is 2. The predicted octanol–water partition coefficient (Wildman–Crippen LogP) is 6.06. The summed E-state index contributed by atoms with van der Waals surface area (Å²) in [5.74, 6) is -9.18. The Morgan fingerprint density at radius 2 is 1.59 bits per heavy atom. The van der Waals surface area contributed by atoms with Gasteiger partial charge >= 0.3 is 0 Å². The van der Waals surface area contributed by atoms with E-state index >= 15 is 0 Å². The molecular weight excluding hydrogens is 524 g/mol. The Bertz CT molecular complexity index is 1410. The number of nitrogens with one attached hydrogen (secondary N) is 1. The van der Waals surface area contributed by atoms with Crippen LogP contribution in [-0.4, -0.2) is 45.8 Å². The molecule has 1 aliphatic heterocycles. The summed E-state index contributed by atoms with van der Waals surface area (Å²) in [5.41, 5.74) is 0.454. The van der Waals surface area contributed by atoms with E-state index in [1.165, 1.54) is 24.7 Å². The fourth-order valence-corrected chi connectivity index (χ4v) is 5.62. The number of amides is 1. The highest BCUT2D eigenvalue weighted by Crippen LogP contribution is 2.59. The van der Waals surface area contributed by atoms with Gasteiger partial charge in [0.2, 0.25) is 11.9 Å². The minimum absolute atomic E-state index is 0.0316. The average molecular weight is 548 g/mol. The Labute approximate surface area is 219 Å². The van der Waals surface area contributed by atoms with Crippen LogP contribution in [0.4, 0.5) is 38.0 Å². The number of carbonyl (C=O) groups excluding carboxylic acids is 1. The third-order valence-corrected chi connectivity index (χ3v) is 7.92. The number of halogens is 6. The number of benzene rings is 1. The maximum atomic E-state index is 14.8. The summed E-state index contributed by atoms with van der Waals surface area (Å²) in [6, 6.07) is 4.33. The van der Waals surface area contributed by atoms with Crippen LogP contribution in [0.5, 0.6) is 0 Å². The van der Waals surface area contributed by atoms with E-state index in [-0.39, 0.29) is 67.1 Å². The maximum absolute atomic E-state index is 14.8. The molecule has 12 heteroatoms. The van der Waals surface area contributed by atoms with Gasteiger partial charge in [-0.1, -0.05) is 0 Å². The molecule has 1 aromatic carbocycles. The monoisotopic (exact) mass is 547 g/mol. The molecule has 2 aromatic heterocycles. The summed E-state index contributed by atoms with van der Waals surface area (Å²) in [6.45, 7) is 0.260. The summed E-state index contributed by atoms with van der Waals surface area (Å²) >= 11 is 0. The molecule has 3 aliphatic rings. The quantitative estimate of drug-likeness (QED) is 0.393. The molecule has 2 saturated carbocycles. The molecule has 2 atom stereocenters. The third kappa shape index (κ3) is 4.70. The SMILES string of the molecule is O=C(Nc1c(-c2cc(F)ccc2F)ccnc1C1CCC(F)(F)CC1)c1cnc(N2CC3C(C2)C3(F)F)nc1. The third-order valence-electron chi connectivity index (χ3n) is 7.92. The van der Waals surface area contributed by atoms with Gasteiger partial charge in [0.1, 0.15) is 11.6 Å². The molecule has 2 aliphatic carbocycles. The number of hydrogen-bond donors (Lipinski definition) is 1. The van der Waals surface area contributed by atoms with Crippen molar-refractivity contribution in [3.63, 3.8) is 0 Å². The van der Waals surface area contributed by atoms with Crippen molar-refractivity contribution in [2.45, 2.75) is 43.4 Å². The topological polar surface area (TPSA) is 71.0 Å². The lowest BCUT2D eigenvalue weighted by atomic mass is 9.83. The zero-order valence-electron chi connectivity index (χ0n) is 20.5. The van der Waals surface area contributed by atoms with E-state index in [1.807, 2.05) is 0 Å². The van der Waals surface area contributed by atoms with Crippen LogP contribution >= 0.6 is 0 Å². The van der Waals surface area contributed by atoms with Gasteiger partial charge in [-0.25, -0.2) is 36.3 Å². The van der Waals surface area contributed by atoms with Crippen molar-refractivity contribution in [3.8, 4) is 11.1 Å². The van der Waals surface area contributed by atoms with Crippen molar-refractivity contribution in [2.24, 2.45) is 11.8 Å². The van der Waals surface area contributed by atoms with Crippen LogP contribution < -0.4 is 10.2 Å². The second kappa shape index (κ2) is 9.20. The van der Waals surface area contributed by atoms with Gasteiger partial charge in [-0.3, -0.25) is 9.78 Å². The normalized spacial score (nSPS) is 23.4. The molecule has 1 saturated heterocycles. The highest BCUT2D eigenvalue weighted by Gasteiger charge is 2.72. The van der Waals surface area contributed by atoms with Gasteiger partial charge in [0.05, 0.1) is 28.8 Å². The van der Waals surface area contributed by atoms with Crippen molar-refractivity contribution in [3.05, 3.63) is 65.7 Å². The van der Waals surface area contributed by atoms with E-state index in [1.54, 1.807) is 4.90 Å². The molecule has 3 heterocycles. The van der Waals surface area contributed by atoms with Crippen LogP contribution in [0.1, 0.15) is 47.7 Å². The molecule has 1 amide bonds. The van der Waals surface area contributed by atoms with E-state index in [2.05, 4.69) is 20.3 Å². The number of hydrogen-bond acceptors (Lipinski definition) is 5. The van der Waals surface area contributed by atoms with Crippen LogP contribution in [0.25, 0.3) is 11.1 Å². The Morgan fingerprint density at radius 1 is 0.923 bits per heavy atom. The first-order valence-electron chi connectivity index (χ1n) is 12.6. The van der Waals surface area contributed by atoms with Crippen molar-refractivity contribution in [1.82, 2.24) is 15.0 Å². The number of fused-ring (bicyclic) bond motifs is 1. The number of rotatable bonds is 5. The molecule has 204 valence electrons.